The predicted octanol–water partition coefficient (Wildman–Crippen LogP) is 2.79. The van der Waals surface area contributed by atoms with Gasteiger partial charge in [-0.15, -0.1) is 0 Å². The number of nitrogens with two attached hydrogens (primary N) is 1. The lowest BCUT2D eigenvalue weighted by atomic mass is 10.0. The normalized spacial score (nSPS) is 11.9. The van der Waals surface area contributed by atoms with E-state index in [0.29, 0.717) is 0 Å². The molecule has 3 N–H and O–H groups in total. The van der Waals surface area contributed by atoms with E-state index in [9.17, 15) is 4.79 Å². The maximum Gasteiger partial charge on any atom is 0.244 e. The summed E-state index contributed by atoms with van der Waals surface area (Å²) in [6, 6.07) is 8.97. The second-order valence-electron chi connectivity index (χ2n) is 4.29. The van der Waals surface area contributed by atoms with E-state index >= 15 is 0 Å². The molecular weight excluding hydrogens is 306 g/mol. The summed E-state index contributed by atoms with van der Waals surface area (Å²) in [7, 11) is 0. The molecule has 98 valence electrons. The number of hydrogen-bond acceptors (Lipinski definition) is 3. The molecule has 5 heteroatoms. The van der Waals surface area contributed by atoms with Gasteiger partial charge in [0.25, 0.3) is 0 Å². The Kier molecular flexibility index (Phi) is 4.16. The van der Waals surface area contributed by atoms with Crippen molar-refractivity contribution in [2.75, 3.05) is 5.32 Å². The zero-order valence-electron chi connectivity index (χ0n) is 10.4. The number of carbonyl (C=O) groups is 1. The molecule has 0 spiro atoms. The number of aromatic nitrogens is 1. The van der Waals surface area contributed by atoms with Crippen molar-refractivity contribution in [1.29, 1.82) is 0 Å². The van der Waals surface area contributed by atoms with Crippen LogP contribution in [-0.4, -0.2) is 10.9 Å². The van der Waals surface area contributed by atoms with Crippen molar-refractivity contribution in [3.05, 3.63) is 58.3 Å². The Balaban J connectivity index is 2.29. The molecule has 2 aromatic rings. The van der Waals surface area contributed by atoms with Crippen LogP contribution in [0.2, 0.25) is 0 Å². The van der Waals surface area contributed by atoms with Gasteiger partial charge in [-0.05, 0) is 34.5 Å². The van der Waals surface area contributed by atoms with Crippen LogP contribution in [0.25, 0.3) is 0 Å². The number of anilines is 1. The molecule has 0 aliphatic heterocycles. The van der Waals surface area contributed by atoms with Gasteiger partial charge in [-0.3, -0.25) is 9.78 Å². The summed E-state index contributed by atoms with van der Waals surface area (Å²) in [5, 5.41) is 3.10. The molecule has 1 amide bonds. The molecule has 2 rings (SSSR count). The van der Waals surface area contributed by atoms with Crippen LogP contribution < -0.4 is 11.1 Å². The summed E-state index contributed by atoms with van der Waals surface area (Å²) in [5.74, 6) is -0.425. The van der Waals surface area contributed by atoms with Crippen LogP contribution in [0.1, 0.15) is 17.2 Å². The lowest BCUT2D eigenvalue weighted by molar-refractivity contribution is -0.118. The summed E-state index contributed by atoms with van der Waals surface area (Å²) in [6.07, 6.45) is 3.33. The van der Waals surface area contributed by atoms with Crippen LogP contribution in [0.5, 0.6) is 0 Å². The van der Waals surface area contributed by atoms with E-state index in [4.69, 9.17) is 5.73 Å². The standard InChI is InChI=1S/C14H14BrN3O/c1-9-3-2-4-10(5-9)13(14(16)19)18-12-6-11(15)7-17-8-12/h2-8,13,18H,1H3,(H2,16,19). The smallest absolute Gasteiger partial charge is 0.244 e. The molecule has 4 nitrogen and oxygen atoms in total. The lowest BCUT2D eigenvalue weighted by Crippen LogP contribution is -2.27. The van der Waals surface area contributed by atoms with E-state index in [1.165, 1.54) is 0 Å². The highest BCUT2D eigenvalue weighted by Crippen LogP contribution is 2.21. The first-order chi connectivity index (χ1) is 9.06. The minimum atomic E-state index is -0.573. The quantitative estimate of drug-likeness (QED) is 0.910. The lowest BCUT2D eigenvalue weighted by Gasteiger charge is -2.17. The molecule has 0 radical (unpaired) electrons. The Hall–Kier alpha value is -1.88. The van der Waals surface area contributed by atoms with E-state index in [2.05, 4.69) is 26.2 Å². The van der Waals surface area contributed by atoms with E-state index in [-0.39, 0.29) is 0 Å². The molecule has 0 fully saturated rings. The van der Waals surface area contributed by atoms with Crippen molar-refractivity contribution in [2.24, 2.45) is 5.73 Å². The molecule has 0 bridgehead atoms. The number of benzene rings is 1. The number of nitrogens with one attached hydrogen (secondary N) is 1. The fourth-order valence-corrected chi connectivity index (χ4v) is 2.19. The van der Waals surface area contributed by atoms with Crippen LogP contribution in [0, 0.1) is 6.92 Å². The Bertz CT molecular complexity index is 601. The largest absolute Gasteiger partial charge is 0.369 e. The van der Waals surface area contributed by atoms with Crippen molar-refractivity contribution < 1.29 is 4.79 Å². The van der Waals surface area contributed by atoms with Gasteiger partial charge in [0.05, 0.1) is 11.9 Å². The van der Waals surface area contributed by atoms with E-state index < -0.39 is 11.9 Å². The zero-order chi connectivity index (χ0) is 13.8. The number of primary amides is 1. The number of amides is 1. The number of carbonyl (C=O) groups excluding carboxylic acids is 1. The van der Waals surface area contributed by atoms with Gasteiger partial charge in [0.15, 0.2) is 0 Å². The Morgan fingerprint density at radius 1 is 1.37 bits per heavy atom. The third kappa shape index (κ3) is 3.54. The first-order valence-electron chi connectivity index (χ1n) is 5.79. The van der Waals surface area contributed by atoms with E-state index in [1.807, 2.05) is 37.3 Å². The van der Waals surface area contributed by atoms with Gasteiger partial charge in [0.1, 0.15) is 6.04 Å². The Labute approximate surface area is 120 Å². The highest BCUT2D eigenvalue weighted by atomic mass is 79.9. The summed E-state index contributed by atoms with van der Waals surface area (Å²) >= 11 is 3.34. The molecule has 0 aliphatic carbocycles. The molecule has 1 heterocycles. The topological polar surface area (TPSA) is 68.0 Å². The van der Waals surface area contributed by atoms with Crippen molar-refractivity contribution in [2.45, 2.75) is 13.0 Å². The van der Waals surface area contributed by atoms with Gasteiger partial charge in [-0.2, -0.15) is 0 Å². The SMILES string of the molecule is Cc1cccc(C(Nc2cncc(Br)c2)C(N)=O)c1. The van der Waals surface area contributed by atoms with Crippen LogP contribution in [0.15, 0.2) is 47.2 Å². The van der Waals surface area contributed by atoms with Gasteiger partial charge in [0, 0.05) is 10.7 Å². The monoisotopic (exact) mass is 319 g/mol. The zero-order valence-corrected chi connectivity index (χ0v) is 12.0. The number of nitrogens with zero attached hydrogens (tertiary/aromatic N) is 1. The molecule has 0 saturated carbocycles. The third-order valence-electron chi connectivity index (χ3n) is 2.68. The first kappa shape index (κ1) is 13.5. The fraction of sp³-hybridized carbons (Fsp3) is 0.143. The molecule has 1 aromatic carbocycles. The van der Waals surface area contributed by atoms with Crippen LogP contribution in [0.3, 0.4) is 0 Å². The van der Waals surface area contributed by atoms with Crippen molar-refractivity contribution in [3.63, 3.8) is 0 Å². The van der Waals surface area contributed by atoms with Crippen LogP contribution >= 0.6 is 15.9 Å². The maximum atomic E-state index is 11.6. The van der Waals surface area contributed by atoms with E-state index in [0.717, 1.165) is 21.3 Å². The van der Waals surface area contributed by atoms with Crippen LogP contribution in [0.4, 0.5) is 5.69 Å². The second kappa shape index (κ2) is 5.84. The van der Waals surface area contributed by atoms with Crippen LogP contribution in [-0.2, 0) is 4.79 Å². The van der Waals surface area contributed by atoms with Gasteiger partial charge < -0.3 is 11.1 Å². The molecular formula is C14H14BrN3O. The van der Waals surface area contributed by atoms with Gasteiger partial charge in [0.2, 0.25) is 5.91 Å². The Morgan fingerprint density at radius 3 is 2.79 bits per heavy atom. The average molecular weight is 320 g/mol. The fourth-order valence-electron chi connectivity index (χ4n) is 1.83. The number of aryl methyl sites for hydroxylation is 1. The molecule has 1 atom stereocenters. The van der Waals surface area contributed by atoms with Gasteiger partial charge in [-0.25, -0.2) is 0 Å². The molecule has 1 aromatic heterocycles. The average Bonchev–Trinajstić information content (AvgIpc) is 2.35. The highest BCUT2D eigenvalue weighted by molar-refractivity contribution is 9.10. The highest BCUT2D eigenvalue weighted by Gasteiger charge is 2.17. The number of pyridine rings is 1. The molecule has 19 heavy (non-hydrogen) atoms. The minimum absolute atomic E-state index is 0.425. The number of hydrogen-bond donors (Lipinski definition) is 2. The van der Waals surface area contributed by atoms with Crippen molar-refractivity contribution >= 4 is 27.5 Å². The summed E-state index contributed by atoms with van der Waals surface area (Å²) < 4.78 is 0.838. The van der Waals surface area contributed by atoms with E-state index in [1.54, 1.807) is 12.4 Å². The predicted molar refractivity (Wildman–Crippen MR) is 78.7 cm³/mol. The van der Waals surface area contributed by atoms with Gasteiger partial charge >= 0.3 is 0 Å². The van der Waals surface area contributed by atoms with Crippen molar-refractivity contribution in [3.8, 4) is 0 Å². The molecule has 0 aliphatic rings. The third-order valence-corrected chi connectivity index (χ3v) is 3.11. The molecule has 0 saturated heterocycles. The summed E-state index contributed by atoms with van der Waals surface area (Å²) in [5.41, 5.74) is 8.13. The summed E-state index contributed by atoms with van der Waals surface area (Å²) in [4.78, 5) is 15.7. The first-order valence-corrected chi connectivity index (χ1v) is 6.58. The number of halogens is 1. The Morgan fingerprint density at radius 2 is 2.16 bits per heavy atom. The number of rotatable bonds is 4. The van der Waals surface area contributed by atoms with Crippen molar-refractivity contribution in [1.82, 2.24) is 4.98 Å². The van der Waals surface area contributed by atoms with Gasteiger partial charge in [-0.1, -0.05) is 29.8 Å². The minimum Gasteiger partial charge on any atom is -0.369 e. The molecule has 1 unspecified atom stereocenters. The second-order valence-corrected chi connectivity index (χ2v) is 5.20. The summed E-state index contributed by atoms with van der Waals surface area (Å²) in [6.45, 7) is 1.97. The maximum absolute atomic E-state index is 11.6.